The lowest BCUT2D eigenvalue weighted by Crippen LogP contribution is -2.17. The van der Waals surface area contributed by atoms with E-state index < -0.39 is 0 Å². The Morgan fingerprint density at radius 1 is 1.39 bits per heavy atom. The first-order valence-electron chi connectivity index (χ1n) is 6.32. The number of nitrogens with one attached hydrogen (secondary N) is 1. The van der Waals surface area contributed by atoms with Crippen LogP contribution in [0.5, 0.6) is 0 Å². The lowest BCUT2D eigenvalue weighted by atomic mass is 10.2. The summed E-state index contributed by atoms with van der Waals surface area (Å²) in [6.45, 7) is 7.35. The molecule has 0 radical (unpaired) electrons. The fourth-order valence-electron chi connectivity index (χ4n) is 1.50. The highest BCUT2D eigenvalue weighted by Crippen LogP contribution is 2.15. The van der Waals surface area contributed by atoms with Crippen LogP contribution in [-0.4, -0.2) is 19.8 Å². The molecule has 0 fully saturated rings. The monoisotopic (exact) mass is 273 g/mol. The van der Waals surface area contributed by atoms with Crippen LogP contribution in [0, 0.1) is 11.7 Å². The highest BCUT2D eigenvalue weighted by molar-refractivity contribution is 6.30. The molecule has 0 aromatic heterocycles. The van der Waals surface area contributed by atoms with E-state index in [4.69, 9.17) is 16.3 Å². The van der Waals surface area contributed by atoms with Crippen molar-refractivity contribution in [3.8, 4) is 0 Å². The fourth-order valence-corrected chi connectivity index (χ4v) is 1.62. The standard InChI is InChI=1S/C14H21ClFNO/c1-11(2)10-18-7-3-6-17-9-12-4-5-13(15)14(16)8-12/h4-5,8,11,17H,3,6-7,9-10H2,1-2H3. The van der Waals surface area contributed by atoms with Crippen molar-refractivity contribution >= 4 is 11.6 Å². The van der Waals surface area contributed by atoms with Crippen LogP contribution in [0.25, 0.3) is 0 Å². The molecule has 0 unspecified atom stereocenters. The molecule has 0 saturated carbocycles. The first kappa shape index (κ1) is 15.4. The van der Waals surface area contributed by atoms with E-state index in [2.05, 4.69) is 19.2 Å². The third kappa shape index (κ3) is 6.34. The van der Waals surface area contributed by atoms with Crippen LogP contribution in [0.1, 0.15) is 25.8 Å². The van der Waals surface area contributed by atoms with Crippen LogP contribution in [0.15, 0.2) is 18.2 Å². The Balaban J connectivity index is 2.09. The van der Waals surface area contributed by atoms with Gasteiger partial charge in [0, 0.05) is 19.8 Å². The number of hydrogen-bond acceptors (Lipinski definition) is 2. The zero-order chi connectivity index (χ0) is 13.4. The molecule has 0 bridgehead atoms. The zero-order valence-corrected chi connectivity index (χ0v) is 11.8. The molecular formula is C14H21ClFNO. The van der Waals surface area contributed by atoms with E-state index in [0.717, 1.165) is 31.7 Å². The van der Waals surface area contributed by atoms with Crippen molar-refractivity contribution < 1.29 is 9.13 Å². The van der Waals surface area contributed by atoms with E-state index in [0.29, 0.717) is 12.5 Å². The van der Waals surface area contributed by atoms with Gasteiger partial charge in [-0.3, -0.25) is 0 Å². The summed E-state index contributed by atoms with van der Waals surface area (Å²) in [5.74, 6) is 0.214. The third-order valence-corrected chi connectivity index (χ3v) is 2.71. The van der Waals surface area contributed by atoms with E-state index >= 15 is 0 Å². The molecule has 1 N–H and O–H groups in total. The Bertz CT molecular complexity index is 358. The fraction of sp³-hybridized carbons (Fsp3) is 0.571. The van der Waals surface area contributed by atoms with Crippen LogP contribution >= 0.6 is 11.6 Å². The molecule has 1 rings (SSSR count). The van der Waals surface area contributed by atoms with Crippen LogP contribution in [0.3, 0.4) is 0 Å². The molecule has 0 heterocycles. The van der Waals surface area contributed by atoms with Gasteiger partial charge in [-0.2, -0.15) is 0 Å². The Labute approximate surface area is 113 Å². The Morgan fingerprint density at radius 2 is 2.17 bits per heavy atom. The molecule has 0 aliphatic carbocycles. The highest BCUT2D eigenvalue weighted by atomic mass is 35.5. The second-order valence-corrected chi connectivity index (χ2v) is 5.15. The lowest BCUT2D eigenvalue weighted by Gasteiger charge is -2.08. The van der Waals surface area contributed by atoms with Crippen molar-refractivity contribution in [1.82, 2.24) is 5.32 Å². The Hall–Kier alpha value is -0.640. The maximum absolute atomic E-state index is 13.2. The van der Waals surface area contributed by atoms with Crippen molar-refractivity contribution in [2.75, 3.05) is 19.8 Å². The van der Waals surface area contributed by atoms with Crippen molar-refractivity contribution in [3.05, 3.63) is 34.6 Å². The minimum Gasteiger partial charge on any atom is -0.381 e. The first-order valence-corrected chi connectivity index (χ1v) is 6.69. The smallest absolute Gasteiger partial charge is 0.142 e. The van der Waals surface area contributed by atoms with Crippen molar-refractivity contribution in [3.63, 3.8) is 0 Å². The molecule has 2 nitrogen and oxygen atoms in total. The summed E-state index contributed by atoms with van der Waals surface area (Å²) in [4.78, 5) is 0. The molecule has 102 valence electrons. The number of rotatable bonds is 8. The number of ether oxygens (including phenoxy) is 1. The van der Waals surface area contributed by atoms with E-state index in [1.165, 1.54) is 6.07 Å². The maximum Gasteiger partial charge on any atom is 0.142 e. The molecular weight excluding hydrogens is 253 g/mol. The van der Waals surface area contributed by atoms with Gasteiger partial charge in [-0.15, -0.1) is 0 Å². The molecule has 0 atom stereocenters. The van der Waals surface area contributed by atoms with Gasteiger partial charge < -0.3 is 10.1 Å². The van der Waals surface area contributed by atoms with Gasteiger partial charge in [0.2, 0.25) is 0 Å². The van der Waals surface area contributed by atoms with Gasteiger partial charge in [0.25, 0.3) is 0 Å². The van der Waals surface area contributed by atoms with Crippen molar-refractivity contribution in [1.29, 1.82) is 0 Å². The van der Waals surface area contributed by atoms with Gasteiger partial charge >= 0.3 is 0 Å². The molecule has 0 aliphatic rings. The summed E-state index contributed by atoms with van der Waals surface area (Å²) in [6.07, 6.45) is 0.961. The quantitative estimate of drug-likeness (QED) is 0.731. The number of halogens is 2. The van der Waals surface area contributed by atoms with E-state index in [1.54, 1.807) is 6.07 Å². The molecule has 18 heavy (non-hydrogen) atoms. The SMILES string of the molecule is CC(C)COCCCNCc1ccc(Cl)c(F)c1. The van der Waals surface area contributed by atoms with E-state index in [-0.39, 0.29) is 10.8 Å². The number of hydrogen-bond donors (Lipinski definition) is 1. The predicted octanol–water partition coefficient (Wildman–Crippen LogP) is 3.63. The van der Waals surface area contributed by atoms with Crippen molar-refractivity contribution in [2.24, 2.45) is 5.92 Å². The predicted molar refractivity (Wildman–Crippen MR) is 73.4 cm³/mol. The molecule has 0 aliphatic heterocycles. The van der Waals surface area contributed by atoms with Crippen LogP contribution in [-0.2, 0) is 11.3 Å². The van der Waals surface area contributed by atoms with E-state index in [9.17, 15) is 4.39 Å². The largest absolute Gasteiger partial charge is 0.381 e. The van der Waals surface area contributed by atoms with Gasteiger partial charge in [0.15, 0.2) is 0 Å². The topological polar surface area (TPSA) is 21.3 Å². The van der Waals surface area contributed by atoms with Gasteiger partial charge in [-0.05, 0) is 36.6 Å². The summed E-state index contributed by atoms with van der Waals surface area (Å²) in [7, 11) is 0. The minimum absolute atomic E-state index is 0.167. The molecule has 0 saturated heterocycles. The van der Waals surface area contributed by atoms with Crippen LogP contribution in [0.2, 0.25) is 5.02 Å². The molecule has 1 aromatic carbocycles. The molecule has 1 aromatic rings. The minimum atomic E-state index is -0.365. The summed E-state index contributed by atoms with van der Waals surface area (Å²) in [5.41, 5.74) is 0.903. The molecule has 4 heteroatoms. The Kier molecular flexibility index (Phi) is 7.25. The molecule has 0 amide bonds. The zero-order valence-electron chi connectivity index (χ0n) is 11.0. The van der Waals surface area contributed by atoms with E-state index in [1.807, 2.05) is 6.07 Å². The van der Waals surface area contributed by atoms with Crippen LogP contribution < -0.4 is 5.32 Å². The molecule has 0 spiro atoms. The highest BCUT2D eigenvalue weighted by Gasteiger charge is 2.00. The summed E-state index contributed by atoms with van der Waals surface area (Å²) < 4.78 is 18.6. The number of benzene rings is 1. The van der Waals surface area contributed by atoms with Gasteiger partial charge in [-0.25, -0.2) is 4.39 Å². The maximum atomic E-state index is 13.2. The van der Waals surface area contributed by atoms with Gasteiger partial charge in [0.1, 0.15) is 5.82 Å². The normalized spacial score (nSPS) is 11.2. The first-order chi connectivity index (χ1) is 8.59. The second-order valence-electron chi connectivity index (χ2n) is 4.75. The average molecular weight is 274 g/mol. The lowest BCUT2D eigenvalue weighted by molar-refractivity contribution is 0.108. The van der Waals surface area contributed by atoms with Gasteiger partial charge in [-0.1, -0.05) is 31.5 Å². The second kappa shape index (κ2) is 8.46. The Morgan fingerprint density at radius 3 is 2.83 bits per heavy atom. The van der Waals surface area contributed by atoms with Crippen LogP contribution in [0.4, 0.5) is 4.39 Å². The van der Waals surface area contributed by atoms with Crippen molar-refractivity contribution in [2.45, 2.75) is 26.8 Å². The average Bonchev–Trinajstić information content (AvgIpc) is 2.32. The summed E-state index contributed by atoms with van der Waals surface area (Å²) in [6, 6.07) is 4.87. The third-order valence-electron chi connectivity index (χ3n) is 2.41. The summed E-state index contributed by atoms with van der Waals surface area (Å²) in [5, 5.41) is 3.41. The summed E-state index contributed by atoms with van der Waals surface area (Å²) >= 11 is 5.61. The van der Waals surface area contributed by atoms with Gasteiger partial charge in [0.05, 0.1) is 5.02 Å².